The Morgan fingerprint density at radius 3 is 1.44 bits per heavy atom. The van der Waals surface area contributed by atoms with Crippen LogP contribution in [0.4, 0.5) is 0 Å². The molecule has 2 unspecified atom stereocenters. The maximum Gasteiger partial charge on any atom is 0.0317 e. The fraction of sp³-hybridized carbons (Fsp3) is 0.200. The first-order valence-corrected chi connectivity index (χ1v) is 6.63. The molecule has 0 N–H and O–H groups in total. The van der Waals surface area contributed by atoms with Gasteiger partial charge in [0.15, 0.2) is 0 Å². The molecule has 2 aromatic carbocycles. The second-order valence-electron chi connectivity index (χ2n) is 4.17. The summed E-state index contributed by atoms with van der Waals surface area (Å²) in [6.45, 7) is 0. The Bertz CT molecular complexity index is 400. The highest BCUT2D eigenvalue weighted by atomic mass is 32.2. The molecule has 0 saturated carbocycles. The second-order valence-corrected chi connectivity index (χ2v) is 5.58. The zero-order valence-electron chi connectivity index (χ0n) is 9.04. The molecular weight excluding hydrogens is 212 g/mol. The van der Waals surface area contributed by atoms with Gasteiger partial charge >= 0.3 is 0 Å². The van der Waals surface area contributed by atoms with E-state index in [1.807, 2.05) is 0 Å². The van der Waals surface area contributed by atoms with Crippen molar-refractivity contribution in [3.63, 3.8) is 0 Å². The molecule has 0 spiro atoms. The van der Waals surface area contributed by atoms with Gasteiger partial charge < -0.3 is 0 Å². The van der Waals surface area contributed by atoms with E-state index < -0.39 is 0 Å². The van der Waals surface area contributed by atoms with Crippen molar-refractivity contribution in [2.24, 2.45) is 0 Å². The van der Waals surface area contributed by atoms with E-state index in [2.05, 4.69) is 72.4 Å². The molecule has 3 rings (SSSR count). The first-order valence-electron chi connectivity index (χ1n) is 5.69. The number of hydrogen-bond donors (Lipinski definition) is 0. The molecule has 0 aromatic heterocycles. The van der Waals surface area contributed by atoms with Gasteiger partial charge in [0, 0.05) is 10.5 Å². The van der Waals surface area contributed by atoms with Crippen LogP contribution in [0.2, 0.25) is 0 Å². The summed E-state index contributed by atoms with van der Waals surface area (Å²) in [7, 11) is 0. The van der Waals surface area contributed by atoms with Gasteiger partial charge in [0.05, 0.1) is 0 Å². The van der Waals surface area contributed by atoms with Crippen LogP contribution in [0.15, 0.2) is 60.7 Å². The average Bonchev–Trinajstić information content (AvgIpc) is 2.30. The smallest absolute Gasteiger partial charge is 0.0317 e. The van der Waals surface area contributed by atoms with E-state index in [-0.39, 0.29) is 0 Å². The third kappa shape index (κ3) is 1.88. The quantitative estimate of drug-likeness (QED) is 0.720. The van der Waals surface area contributed by atoms with E-state index >= 15 is 0 Å². The molecule has 1 fully saturated rings. The van der Waals surface area contributed by atoms with Crippen molar-refractivity contribution in [3.8, 4) is 0 Å². The lowest BCUT2D eigenvalue weighted by Gasteiger charge is -2.35. The van der Waals surface area contributed by atoms with E-state index in [0.29, 0.717) is 10.5 Å². The Hall–Kier alpha value is -1.21. The summed E-state index contributed by atoms with van der Waals surface area (Å²) >= 11 is 2.08. The zero-order valence-corrected chi connectivity index (χ0v) is 9.86. The predicted molar refractivity (Wildman–Crippen MR) is 70.6 cm³/mol. The lowest BCUT2D eigenvalue weighted by atomic mass is 10.0. The number of rotatable bonds is 2. The van der Waals surface area contributed by atoms with Crippen molar-refractivity contribution in [1.29, 1.82) is 0 Å². The van der Waals surface area contributed by atoms with Crippen LogP contribution in [-0.4, -0.2) is 0 Å². The van der Waals surface area contributed by atoms with Crippen molar-refractivity contribution in [1.82, 2.24) is 0 Å². The van der Waals surface area contributed by atoms with Gasteiger partial charge in [-0.05, 0) is 17.5 Å². The molecule has 16 heavy (non-hydrogen) atoms. The van der Waals surface area contributed by atoms with Crippen molar-refractivity contribution in [2.45, 2.75) is 16.9 Å². The number of benzene rings is 2. The monoisotopic (exact) mass is 226 g/mol. The Morgan fingerprint density at radius 1 is 0.688 bits per heavy atom. The minimum absolute atomic E-state index is 0.700. The predicted octanol–water partition coefficient (Wildman–Crippen LogP) is 4.61. The molecule has 2 atom stereocenters. The van der Waals surface area contributed by atoms with Crippen molar-refractivity contribution in [3.05, 3.63) is 71.8 Å². The summed E-state index contributed by atoms with van der Waals surface area (Å²) in [6, 6.07) is 21.6. The Morgan fingerprint density at radius 2 is 1.06 bits per heavy atom. The lowest BCUT2D eigenvalue weighted by molar-refractivity contribution is 0.720. The largest absolute Gasteiger partial charge is 0.145 e. The Labute approximate surface area is 101 Å². The topological polar surface area (TPSA) is 0 Å². The van der Waals surface area contributed by atoms with Gasteiger partial charge in [-0.25, -0.2) is 0 Å². The lowest BCUT2D eigenvalue weighted by Crippen LogP contribution is -2.12. The molecule has 1 aliphatic rings. The normalized spacial score (nSPS) is 23.8. The highest BCUT2D eigenvalue weighted by Gasteiger charge is 2.31. The summed E-state index contributed by atoms with van der Waals surface area (Å²) in [5.74, 6) is 0. The molecule has 1 aliphatic heterocycles. The van der Waals surface area contributed by atoms with Crippen LogP contribution in [0, 0.1) is 0 Å². The van der Waals surface area contributed by atoms with Crippen LogP contribution in [0.1, 0.15) is 28.0 Å². The fourth-order valence-electron chi connectivity index (χ4n) is 2.15. The maximum absolute atomic E-state index is 2.24. The molecule has 1 saturated heterocycles. The first kappa shape index (κ1) is 9.98. The van der Waals surface area contributed by atoms with Crippen LogP contribution in [0.25, 0.3) is 0 Å². The van der Waals surface area contributed by atoms with Gasteiger partial charge in [-0.1, -0.05) is 60.7 Å². The first-order chi connectivity index (χ1) is 7.93. The van der Waals surface area contributed by atoms with Crippen LogP contribution in [-0.2, 0) is 0 Å². The van der Waals surface area contributed by atoms with Gasteiger partial charge in [-0.3, -0.25) is 0 Å². The third-order valence-electron chi connectivity index (χ3n) is 3.10. The second kappa shape index (κ2) is 4.34. The molecule has 1 heterocycles. The zero-order chi connectivity index (χ0) is 10.8. The summed E-state index contributed by atoms with van der Waals surface area (Å²) in [5, 5.41) is 1.40. The minimum Gasteiger partial charge on any atom is -0.145 e. The molecular formula is C15H14S. The molecule has 0 aliphatic carbocycles. The Kier molecular flexibility index (Phi) is 2.71. The highest BCUT2D eigenvalue weighted by Crippen LogP contribution is 2.56. The highest BCUT2D eigenvalue weighted by molar-refractivity contribution is 8.01. The van der Waals surface area contributed by atoms with Crippen molar-refractivity contribution in [2.75, 3.05) is 0 Å². The molecule has 0 amide bonds. The minimum atomic E-state index is 0.700. The van der Waals surface area contributed by atoms with E-state index in [9.17, 15) is 0 Å². The van der Waals surface area contributed by atoms with Crippen molar-refractivity contribution < 1.29 is 0 Å². The van der Waals surface area contributed by atoms with Gasteiger partial charge in [0.25, 0.3) is 0 Å². The maximum atomic E-state index is 2.24. The SMILES string of the molecule is c1ccc(C2CC(c3ccccc3)S2)cc1. The van der Waals surface area contributed by atoms with Crippen molar-refractivity contribution >= 4 is 11.8 Å². The number of thioether (sulfide) groups is 1. The molecule has 2 aromatic rings. The van der Waals surface area contributed by atoms with E-state index in [1.54, 1.807) is 0 Å². The third-order valence-corrected chi connectivity index (χ3v) is 4.69. The van der Waals surface area contributed by atoms with Gasteiger partial charge in [-0.15, -0.1) is 11.8 Å². The molecule has 0 nitrogen and oxygen atoms in total. The number of hydrogen-bond acceptors (Lipinski definition) is 1. The van der Waals surface area contributed by atoms with E-state index in [1.165, 1.54) is 17.5 Å². The van der Waals surface area contributed by atoms with Gasteiger partial charge in [-0.2, -0.15) is 0 Å². The van der Waals surface area contributed by atoms with E-state index in [4.69, 9.17) is 0 Å². The molecule has 1 heteroatoms. The van der Waals surface area contributed by atoms with Crippen LogP contribution in [0.5, 0.6) is 0 Å². The summed E-state index contributed by atoms with van der Waals surface area (Å²) in [6.07, 6.45) is 1.28. The molecule has 0 radical (unpaired) electrons. The summed E-state index contributed by atoms with van der Waals surface area (Å²) in [5.41, 5.74) is 2.94. The average molecular weight is 226 g/mol. The van der Waals surface area contributed by atoms with Crippen LogP contribution in [0.3, 0.4) is 0 Å². The van der Waals surface area contributed by atoms with Gasteiger partial charge in [0.1, 0.15) is 0 Å². The van der Waals surface area contributed by atoms with Crippen LogP contribution >= 0.6 is 11.8 Å². The summed E-state index contributed by atoms with van der Waals surface area (Å²) < 4.78 is 0. The Balaban J connectivity index is 1.68. The molecule has 0 bridgehead atoms. The standard InChI is InChI=1S/C15H14S/c1-3-7-12(8-4-1)14-11-15(16-14)13-9-5-2-6-10-13/h1-10,14-15H,11H2. The molecule has 80 valence electrons. The van der Waals surface area contributed by atoms with Gasteiger partial charge in [0.2, 0.25) is 0 Å². The summed E-state index contributed by atoms with van der Waals surface area (Å²) in [4.78, 5) is 0. The fourth-order valence-corrected chi connectivity index (χ4v) is 3.42. The van der Waals surface area contributed by atoms with E-state index in [0.717, 1.165) is 0 Å². The van der Waals surface area contributed by atoms with Crippen LogP contribution < -0.4 is 0 Å².